The molecule has 0 radical (unpaired) electrons. The van der Waals surface area contributed by atoms with E-state index in [-0.39, 0.29) is 11.3 Å². The molecule has 174 valence electrons. The second kappa shape index (κ2) is 10.4. The first-order valence-corrected chi connectivity index (χ1v) is 11.2. The van der Waals surface area contributed by atoms with Gasteiger partial charge in [-0.25, -0.2) is 4.98 Å². The summed E-state index contributed by atoms with van der Waals surface area (Å²) in [7, 11) is 0. The molecule has 0 unspecified atom stereocenters. The Morgan fingerprint density at radius 2 is 1.97 bits per heavy atom. The van der Waals surface area contributed by atoms with Gasteiger partial charge in [0.05, 0.1) is 17.9 Å². The molecule has 1 atom stereocenters. The third kappa shape index (κ3) is 4.89. The summed E-state index contributed by atoms with van der Waals surface area (Å²) in [4.78, 5) is 31.7. The third-order valence-corrected chi connectivity index (χ3v) is 5.81. The second-order valence-electron chi connectivity index (χ2n) is 7.83. The number of halogens is 1. The first-order valence-electron chi connectivity index (χ1n) is 10.8. The van der Waals surface area contributed by atoms with Crippen molar-refractivity contribution in [1.29, 1.82) is 0 Å². The zero-order chi connectivity index (χ0) is 24.1. The van der Waals surface area contributed by atoms with Crippen LogP contribution in [-0.2, 0) is 16.1 Å². The number of aryl methyl sites for hydroxylation is 1. The largest absolute Gasteiger partial charge is 0.507 e. The predicted molar refractivity (Wildman–Crippen MR) is 129 cm³/mol. The molecule has 1 amide bonds. The van der Waals surface area contributed by atoms with Gasteiger partial charge in [0.15, 0.2) is 0 Å². The van der Waals surface area contributed by atoms with Crippen LogP contribution in [0.3, 0.4) is 0 Å². The lowest BCUT2D eigenvalue weighted by molar-refractivity contribution is -0.139. The van der Waals surface area contributed by atoms with Gasteiger partial charge in [-0.15, -0.1) is 0 Å². The van der Waals surface area contributed by atoms with E-state index in [0.717, 1.165) is 0 Å². The number of Topliss-reactive ketones (excluding diaryl/α,β-unsaturated/α-hetero) is 1. The van der Waals surface area contributed by atoms with Crippen LogP contribution in [0, 0.1) is 0 Å². The van der Waals surface area contributed by atoms with Gasteiger partial charge in [0.2, 0.25) is 0 Å². The van der Waals surface area contributed by atoms with Gasteiger partial charge >= 0.3 is 0 Å². The summed E-state index contributed by atoms with van der Waals surface area (Å²) in [5.74, 6) is -1.02. The zero-order valence-corrected chi connectivity index (χ0v) is 19.2. The molecular weight excluding hydrogens is 454 g/mol. The Balaban J connectivity index is 1.69. The van der Waals surface area contributed by atoms with Crippen LogP contribution in [0.1, 0.15) is 23.6 Å². The van der Waals surface area contributed by atoms with Crippen molar-refractivity contribution in [1.82, 2.24) is 14.5 Å². The maximum absolute atomic E-state index is 13.1. The lowest BCUT2D eigenvalue weighted by Gasteiger charge is -2.25. The minimum absolute atomic E-state index is 0.0367. The van der Waals surface area contributed by atoms with Crippen LogP contribution in [0.2, 0.25) is 5.02 Å². The highest BCUT2D eigenvalue weighted by Gasteiger charge is 2.45. The number of benzene rings is 2. The van der Waals surface area contributed by atoms with E-state index >= 15 is 0 Å². The van der Waals surface area contributed by atoms with E-state index < -0.39 is 17.7 Å². The molecule has 1 aliphatic heterocycles. The lowest BCUT2D eigenvalue weighted by atomic mass is 9.95. The van der Waals surface area contributed by atoms with E-state index in [1.807, 2.05) is 10.8 Å². The van der Waals surface area contributed by atoms with Gasteiger partial charge in [-0.1, -0.05) is 36.4 Å². The number of amides is 1. The predicted octanol–water partition coefficient (Wildman–Crippen LogP) is 4.61. The summed E-state index contributed by atoms with van der Waals surface area (Å²) >= 11 is 6.22. The number of aliphatic hydroxyl groups excluding tert-OH is 1. The van der Waals surface area contributed by atoms with Gasteiger partial charge in [0, 0.05) is 36.1 Å². The molecule has 4 rings (SSSR count). The first-order chi connectivity index (χ1) is 16.5. The maximum Gasteiger partial charge on any atom is 0.295 e. The topological polar surface area (TPSA) is 84.7 Å². The summed E-state index contributed by atoms with van der Waals surface area (Å²) in [6.45, 7) is 4.93. The van der Waals surface area contributed by atoms with Crippen molar-refractivity contribution in [3.63, 3.8) is 0 Å². The van der Waals surface area contributed by atoms with Gasteiger partial charge < -0.3 is 19.3 Å². The van der Waals surface area contributed by atoms with Crippen molar-refractivity contribution in [2.24, 2.45) is 0 Å². The van der Waals surface area contributed by atoms with Crippen LogP contribution in [0.25, 0.3) is 5.76 Å². The number of ketones is 1. The van der Waals surface area contributed by atoms with Crippen LogP contribution in [-0.4, -0.2) is 44.4 Å². The van der Waals surface area contributed by atoms with Gasteiger partial charge in [-0.05, 0) is 48.4 Å². The van der Waals surface area contributed by atoms with E-state index in [1.54, 1.807) is 67.1 Å². The van der Waals surface area contributed by atoms with E-state index in [4.69, 9.17) is 16.3 Å². The number of carbonyl (C=O) groups is 2. The highest BCUT2D eigenvalue weighted by molar-refractivity contribution is 6.46. The molecule has 1 N–H and O–H groups in total. The quantitative estimate of drug-likeness (QED) is 0.210. The monoisotopic (exact) mass is 477 g/mol. The van der Waals surface area contributed by atoms with Crippen LogP contribution >= 0.6 is 11.6 Å². The average molecular weight is 478 g/mol. The summed E-state index contributed by atoms with van der Waals surface area (Å²) in [5, 5.41) is 11.6. The summed E-state index contributed by atoms with van der Waals surface area (Å²) in [6, 6.07) is 12.9. The number of carbonyl (C=O) groups excluding carboxylic acids is 2. The van der Waals surface area contributed by atoms with Crippen molar-refractivity contribution < 1.29 is 19.4 Å². The van der Waals surface area contributed by atoms with E-state index in [0.29, 0.717) is 48.0 Å². The number of ether oxygens (including phenoxy) is 1. The number of nitrogens with zero attached hydrogens (tertiary/aromatic N) is 3. The Labute approximate surface area is 202 Å². The van der Waals surface area contributed by atoms with E-state index in [1.165, 1.54) is 4.90 Å². The maximum atomic E-state index is 13.1. The zero-order valence-electron chi connectivity index (χ0n) is 18.4. The Morgan fingerprint density at radius 3 is 2.65 bits per heavy atom. The number of rotatable bonds is 9. The minimum atomic E-state index is -0.752. The standard InChI is InChI=1S/C26H24ClN3O4/c1-2-15-34-21-9-7-18(8-10-21)24(31)22-23(19-5-3-6-20(27)16-19)30(26(33)25(22)32)13-4-12-29-14-11-28-17-29/h2-3,5-11,14,16-17,23,31H,1,4,12-13,15H2/b24-22+/t23-/m0/s1. The molecule has 0 aliphatic carbocycles. The van der Waals surface area contributed by atoms with E-state index in [9.17, 15) is 14.7 Å². The van der Waals surface area contributed by atoms with Gasteiger partial charge in [0.1, 0.15) is 18.1 Å². The number of likely N-dealkylation sites (tertiary alicyclic amines) is 1. The number of hydrogen-bond acceptors (Lipinski definition) is 5. The number of aliphatic hydroxyl groups is 1. The fourth-order valence-corrected chi connectivity index (χ4v) is 4.19. The van der Waals surface area contributed by atoms with Crippen LogP contribution < -0.4 is 4.74 Å². The molecule has 0 spiro atoms. The summed E-state index contributed by atoms with van der Waals surface area (Å²) in [6.07, 6.45) is 7.46. The molecule has 3 aromatic rings. The third-order valence-electron chi connectivity index (χ3n) is 5.57. The first kappa shape index (κ1) is 23.3. The van der Waals surface area contributed by atoms with Gasteiger partial charge in [-0.2, -0.15) is 0 Å². The molecule has 2 heterocycles. The Kier molecular flexibility index (Phi) is 7.13. The van der Waals surface area contributed by atoms with E-state index in [2.05, 4.69) is 11.6 Å². The molecule has 34 heavy (non-hydrogen) atoms. The Hall–Kier alpha value is -3.84. The second-order valence-corrected chi connectivity index (χ2v) is 8.26. The Morgan fingerprint density at radius 1 is 1.18 bits per heavy atom. The van der Waals surface area contributed by atoms with Crippen LogP contribution in [0.15, 0.2) is 85.5 Å². The highest BCUT2D eigenvalue weighted by Crippen LogP contribution is 2.40. The van der Waals surface area contributed by atoms with Crippen LogP contribution in [0.4, 0.5) is 0 Å². The molecule has 7 nitrogen and oxygen atoms in total. The molecular formula is C26H24ClN3O4. The lowest BCUT2D eigenvalue weighted by Crippen LogP contribution is -2.31. The SMILES string of the molecule is C=CCOc1ccc(/C(O)=C2\C(=O)C(=O)N(CCCn3ccnc3)[C@H]2c2cccc(Cl)c2)cc1. The number of aromatic nitrogens is 2. The van der Waals surface area contributed by atoms with Crippen molar-refractivity contribution in [3.8, 4) is 5.75 Å². The summed E-state index contributed by atoms with van der Waals surface area (Å²) < 4.78 is 7.39. The highest BCUT2D eigenvalue weighted by atomic mass is 35.5. The van der Waals surface area contributed by atoms with Gasteiger partial charge in [0.25, 0.3) is 11.7 Å². The summed E-state index contributed by atoms with van der Waals surface area (Å²) in [5.41, 5.74) is 1.10. The van der Waals surface area contributed by atoms with Crippen molar-refractivity contribution in [2.45, 2.75) is 19.0 Å². The fourth-order valence-electron chi connectivity index (χ4n) is 4.00. The van der Waals surface area contributed by atoms with Crippen LogP contribution in [0.5, 0.6) is 5.75 Å². The molecule has 1 saturated heterocycles. The molecule has 8 heteroatoms. The molecule has 1 aliphatic rings. The molecule has 1 fully saturated rings. The molecule has 1 aromatic heterocycles. The van der Waals surface area contributed by atoms with Crippen molar-refractivity contribution in [2.75, 3.05) is 13.2 Å². The number of hydrogen-bond donors (Lipinski definition) is 1. The number of imidazole rings is 1. The van der Waals surface area contributed by atoms with Crippen molar-refractivity contribution in [3.05, 3.63) is 102 Å². The minimum Gasteiger partial charge on any atom is -0.507 e. The molecule has 2 aromatic carbocycles. The van der Waals surface area contributed by atoms with Gasteiger partial charge in [-0.3, -0.25) is 9.59 Å². The molecule has 0 saturated carbocycles. The smallest absolute Gasteiger partial charge is 0.295 e. The average Bonchev–Trinajstić information content (AvgIpc) is 3.45. The van der Waals surface area contributed by atoms with Crippen molar-refractivity contribution >= 4 is 29.1 Å². The normalized spacial score (nSPS) is 17.2. The Bertz CT molecular complexity index is 1220. The molecule has 0 bridgehead atoms. The fraction of sp³-hybridized carbons (Fsp3) is 0.192.